The average Bonchev–Trinajstić information content (AvgIpc) is 2.82. The van der Waals surface area contributed by atoms with Crippen LogP contribution in [0, 0.1) is 0 Å². The summed E-state index contributed by atoms with van der Waals surface area (Å²) in [6, 6.07) is 19.8. The minimum Gasteiger partial charge on any atom is -0.487 e. The highest BCUT2D eigenvalue weighted by Crippen LogP contribution is 2.16. The number of nitrogens with one attached hydrogen (secondary N) is 1. The van der Waals surface area contributed by atoms with Crippen molar-refractivity contribution in [3.63, 3.8) is 0 Å². The number of benzene rings is 2. The monoisotopic (exact) mass is 450 g/mol. The van der Waals surface area contributed by atoms with Gasteiger partial charge in [0.05, 0.1) is 11.7 Å². The second-order valence-corrected chi connectivity index (χ2v) is 7.40. The molecule has 0 fully saturated rings. The van der Waals surface area contributed by atoms with E-state index in [1.807, 2.05) is 49.4 Å². The zero-order valence-corrected chi connectivity index (χ0v) is 18.3. The van der Waals surface area contributed by atoms with E-state index < -0.39 is 5.97 Å². The minimum atomic E-state index is -0.602. The summed E-state index contributed by atoms with van der Waals surface area (Å²) in [7, 11) is 0. The third kappa shape index (κ3) is 7.56. The summed E-state index contributed by atoms with van der Waals surface area (Å²) in [6.45, 7) is 1.86. The molecule has 1 unspecified atom stereocenters. The van der Waals surface area contributed by atoms with Gasteiger partial charge < -0.3 is 14.8 Å². The van der Waals surface area contributed by atoms with E-state index in [1.165, 1.54) is 6.08 Å². The standard InChI is InChI=1S/C25H23ClN2O4/c1-18(20-8-10-21(26)11-9-20)28-24(29)17-32-25(30)14-7-19-5-12-23(13-6-19)31-16-22-4-2-3-15-27-22/h2-15,18H,16-17H2,1H3,(H,28,29)/b14-7+. The molecule has 0 saturated heterocycles. The first-order chi connectivity index (χ1) is 15.5. The molecule has 2 aromatic carbocycles. The quantitative estimate of drug-likeness (QED) is 0.376. The third-order valence-electron chi connectivity index (χ3n) is 4.50. The van der Waals surface area contributed by atoms with Crippen LogP contribution < -0.4 is 10.1 Å². The SMILES string of the molecule is CC(NC(=O)COC(=O)/C=C/c1ccc(OCc2ccccn2)cc1)c1ccc(Cl)cc1. The van der Waals surface area contributed by atoms with Crippen LogP contribution in [0.2, 0.25) is 5.02 Å². The van der Waals surface area contributed by atoms with Crippen LogP contribution in [0.3, 0.4) is 0 Å². The lowest BCUT2D eigenvalue weighted by Gasteiger charge is -2.14. The number of nitrogens with zero attached hydrogens (tertiary/aromatic N) is 1. The molecule has 0 bridgehead atoms. The molecule has 3 rings (SSSR count). The van der Waals surface area contributed by atoms with Gasteiger partial charge in [0.2, 0.25) is 0 Å². The Kier molecular flexibility index (Phi) is 8.40. The van der Waals surface area contributed by atoms with Crippen molar-refractivity contribution < 1.29 is 19.1 Å². The highest BCUT2D eigenvalue weighted by atomic mass is 35.5. The fourth-order valence-corrected chi connectivity index (χ4v) is 2.91. The van der Waals surface area contributed by atoms with Gasteiger partial charge in [-0.3, -0.25) is 9.78 Å². The maximum atomic E-state index is 12.0. The number of amides is 1. The number of hydrogen-bond donors (Lipinski definition) is 1. The fourth-order valence-electron chi connectivity index (χ4n) is 2.78. The molecule has 1 aromatic heterocycles. The number of hydrogen-bond acceptors (Lipinski definition) is 5. The first-order valence-electron chi connectivity index (χ1n) is 10.0. The van der Waals surface area contributed by atoms with Gasteiger partial charge in [0.25, 0.3) is 5.91 Å². The summed E-state index contributed by atoms with van der Waals surface area (Å²) in [5, 5.41) is 3.40. The van der Waals surface area contributed by atoms with E-state index in [0.29, 0.717) is 17.4 Å². The van der Waals surface area contributed by atoms with Crippen molar-refractivity contribution >= 4 is 29.6 Å². The molecule has 1 heterocycles. The second-order valence-electron chi connectivity index (χ2n) is 6.96. The van der Waals surface area contributed by atoms with Gasteiger partial charge in [-0.2, -0.15) is 0 Å². The summed E-state index contributed by atoms with van der Waals surface area (Å²) in [4.78, 5) is 28.1. The molecule has 0 spiro atoms. The predicted molar refractivity (Wildman–Crippen MR) is 123 cm³/mol. The lowest BCUT2D eigenvalue weighted by atomic mass is 10.1. The summed E-state index contributed by atoms with van der Waals surface area (Å²) in [5.74, 6) is -0.291. The van der Waals surface area contributed by atoms with Crippen LogP contribution >= 0.6 is 11.6 Å². The number of pyridine rings is 1. The van der Waals surface area contributed by atoms with Gasteiger partial charge in [-0.15, -0.1) is 0 Å². The number of ether oxygens (including phenoxy) is 2. The second kappa shape index (κ2) is 11.7. The molecule has 0 saturated carbocycles. The van der Waals surface area contributed by atoms with Gasteiger partial charge in [0, 0.05) is 17.3 Å². The average molecular weight is 451 g/mol. The summed E-state index contributed by atoms with van der Waals surface area (Å²) >= 11 is 5.87. The Morgan fingerprint density at radius 1 is 1.06 bits per heavy atom. The topological polar surface area (TPSA) is 77.5 Å². The Balaban J connectivity index is 1.40. The van der Waals surface area contributed by atoms with E-state index in [2.05, 4.69) is 10.3 Å². The first-order valence-corrected chi connectivity index (χ1v) is 10.4. The molecule has 6 nitrogen and oxygen atoms in total. The van der Waals surface area contributed by atoms with Crippen LogP contribution in [-0.4, -0.2) is 23.5 Å². The molecule has 0 aliphatic rings. The number of aromatic nitrogens is 1. The van der Waals surface area contributed by atoms with E-state index in [9.17, 15) is 9.59 Å². The summed E-state index contributed by atoms with van der Waals surface area (Å²) < 4.78 is 10.7. The van der Waals surface area contributed by atoms with E-state index in [-0.39, 0.29) is 18.6 Å². The van der Waals surface area contributed by atoms with Crippen LogP contribution in [-0.2, 0) is 20.9 Å². The lowest BCUT2D eigenvalue weighted by Crippen LogP contribution is -2.30. The minimum absolute atomic E-state index is 0.229. The maximum absolute atomic E-state index is 12.0. The van der Waals surface area contributed by atoms with E-state index in [0.717, 1.165) is 16.8 Å². The molecular weight excluding hydrogens is 428 g/mol. The van der Waals surface area contributed by atoms with E-state index >= 15 is 0 Å². The smallest absolute Gasteiger partial charge is 0.331 e. The molecule has 0 aliphatic carbocycles. The molecule has 1 atom stereocenters. The van der Waals surface area contributed by atoms with Gasteiger partial charge in [-0.25, -0.2) is 4.79 Å². The van der Waals surface area contributed by atoms with Crippen molar-refractivity contribution in [3.8, 4) is 5.75 Å². The van der Waals surface area contributed by atoms with Gasteiger partial charge >= 0.3 is 5.97 Å². The molecule has 3 aromatic rings. The number of esters is 1. The van der Waals surface area contributed by atoms with Crippen molar-refractivity contribution in [1.29, 1.82) is 0 Å². The van der Waals surface area contributed by atoms with Crippen LogP contribution in [0.25, 0.3) is 6.08 Å². The van der Waals surface area contributed by atoms with Crippen LogP contribution in [0.4, 0.5) is 0 Å². The fraction of sp³-hybridized carbons (Fsp3) is 0.160. The highest BCUT2D eigenvalue weighted by molar-refractivity contribution is 6.30. The van der Waals surface area contributed by atoms with Gasteiger partial charge in [0.15, 0.2) is 6.61 Å². The zero-order chi connectivity index (χ0) is 22.8. The van der Waals surface area contributed by atoms with Gasteiger partial charge in [-0.1, -0.05) is 41.9 Å². The molecule has 1 N–H and O–H groups in total. The largest absolute Gasteiger partial charge is 0.487 e. The summed E-state index contributed by atoms with van der Waals surface area (Å²) in [5.41, 5.74) is 2.54. The normalized spacial score (nSPS) is 11.7. The van der Waals surface area contributed by atoms with Crippen molar-refractivity contribution in [3.05, 3.63) is 101 Å². The molecule has 0 radical (unpaired) electrons. The Bertz CT molecular complexity index is 1050. The molecule has 164 valence electrons. The van der Waals surface area contributed by atoms with Crippen molar-refractivity contribution in [2.45, 2.75) is 19.6 Å². The lowest BCUT2D eigenvalue weighted by molar-refractivity contribution is -0.144. The van der Waals surface area contributed by atoms with Crippen molar-refractivity contribution in [2.24, 2.45) is 0 Å². The Hall–Kier alpha value is -3.64. The number of rotatable bonds is 9. The number of halogens is 1. The molecule has 7 heteroatoms. The zero-order valence-electron chi connectivity index (χ0n) is 17.5. The van der Waals surface area contributed by atoms with E-state index in [1.54, 1.807) is 36.5 Å². The van der Waals surface area contributed by atoms with Crippen LogP contribution in [0.1, 0.15) is 29.8 Å². The Morgan fingerprint density at radius 3 is 2.50 bits per heavy atom. The van der Waals surface area contributed by atoms with Crippen molar-refractivity contribution in [2.75, 3.05) is 6.61 Å². The molecule has 0 aliphatic heterocycles. The number of carbonyl (C=O) groups excluding carboxylic acids is 2. The molecule has 32 heavy (non-hydrogen) atoms. The Morgan fingerprint density at radius 2 is 1.81 bits per heavy atom. The van der Waals surface area contributed by atoms with Crippen molar-refractivity contribution in [1.82, 2.24) is 10.3 Å². The summed E-state index contributed by atoms with van der Waals surface area (Å²) in [6.07, 6.45) is 4.61. The maximum Gasteiger partial charge on any atom is 0.331 e. The van der Waals surface area contributed by atoms with E-state index in [4.69, 9.17) is 21.1 Å². The molecular formula is C25H23ClN2O4. The van der Waals surface area contributed by atoms with Gasteiger partial charge in [0.1, 0.15) is 12.4 Å². The predicted octanol–water partition coefficient (Wildman–Crippen LogP) is 4.75. The van der Waals surface area contributed by atoms with Gasteiger partial charge in [-0.05, 0) is 60.5 Å². The Labute approximate surface area is 191 Å². The number of carbonyl (C=O) groups is 2. The first kappa shape index (κ1) is 23.0. The third-order valence-corrected chi connectivity index (χ3v) is 4.75. The molecule has 1 amide bonds. The highest BCUT2D eigenvalue weighted by Gasteiger charge is 2.11. The van der Waals surface area contributed by atoms with Crippen LogP contribution in [0.15, 0.2) is 79.0 Å². The van der Waals surface area contributed by atoms with Crippen LogP contribution in [0.5, 0.6) is 5.75 Å².